The fourth-order valence-electron chi connectivity index (χ4n) is 3.01. The van der Waals surface area contributed by atoms with E-state index in [2.05, 4.69) is 22.0 Å². The van der Waals surface area contributed by atoms with E-state index >= 15 is 0 Å². The lowest BCUT2D eigenvalue weighted by atomic mass is 10.1. The van der Waals surface area contributed by atoms with Crippen LogP contribution in [-0.4, -0.2) is 31.7 Å². The summed E-state index contributed by atoms with van der Waals surface area (Å²) in [5.41, 5.74) is 3.19. The zero-order valence-electron chi connectivity index (χ0n) is 14.7. The number of carbonyl (C=O) groups is 1. The summed E-state index contributed by atoms with van der Waals surface area (Å²) < 4.78 is 12.9. The number of para-hydroxylation sites is 1. The molecule has 0 unspecified atom stereocenters. The fourth-order valence-corrected chi connectivity index (χ4v) is 3.01. The van der Waals surface area contributed by atoms with E-state index in [-0.39, 0.29) is 5.91 Å². The predicted molar refractivity (Wildman–Crippen MR) is 98.4 cm³/mol. The summed E-state index contributed by atoms with van der Waals surface area (Å²) in [7, 11) is 4.94. The fraction of sp³-hybridized carbons (Fsp3) is 0.250. The molecular weight excluding hydrogens is 316 g/mol. The average Bonchev–Trinajstić information content (AvgIpc) is 2.98. The summed E-state index contributed by atoms with van der Waals surface area (Å²) >= 11 is 0. The van der Waals surface area contributed by atoms with E-state index in [1.165, 1.54) is 0 Å². The molecule has 1 amide bonds. The topological polar surface area (TPSA) is 52.5 Å². The Balaban J connectivity index is 2.00. The van der Waals surface area contributed by atoms with Crippen LogP contribution < -0.4 is 14.8 Å². The molecule has 0 atom stereocenters. The number of hydrogen-bond acceptors (Lipinski definition) is 3. The van der Waals surface area contributed by atoms with Gasteiger partial charge < -0.3 is 19.4 Å². The van der Waals surface area contributed by atoms with Crippen molar-refractivity contribution in [2.75, 3.05) is 21.3 Å². The number of amides is 1. The molecule has 1 N–H and O–H groups in total. The molecule has 0 saturated carbocycles. The number of nitrogens with one attached hydrogen (secondary N) is 1. The molecule has 3 rings (SSSR count). The van der Waals surface area contributed by atoms with E-state index in [0.717, 1.165) is 33.5 Å². The highest BCUT2D eigenvalue weighted by Gasteiger charge is 2.12. The molecule has 0 saturated heterocycles. The monoisotopic (exact) mass is 338 g/mol. The maximum Gasteiger partial charge on any atom is 0.224 e. The van der Waals surface area contributed by atoms with Crippen LogP contribution >= 0.6 is 0 Å². The normalized spacial score (nSPS) is 10.7. The molecule has 0 aliphatic rings. The summed E-state index contributed by atoms with van der Waals surface area (Å²) in [5.74, 6) is 1.53. The van der Waals surface area contributed by atoms with Gasteiger partial charge in [-0.1, -0.05) is 18.2 Å². The van der Waals surface area contributed by atoms with Crippen molar-refractivity contribution in [3.8, 4) is 11.5 Å². The van der Waals surface area contributed by atoms with Crippen LogP contribution in [0.4, 0.5) is 0 Å². The van der Waals surface area contributed by atoms with E-state index in [1.54, 1.807) is 21.3 Å². The molecule has 2 aromatic carbocycles. The van der Waals surface area contributed by atoms with Crippen molar-refractivity contribution in [2.24, 2.45) is 0 Å². The van der Waals surface area contributed by atoms with Crippen LogP contribution in [0.2, 0.25) is 0 Å². The highest BCUT2D eigenvalue weighted by Crippen LogP contribution is 2.26. The van der Waals surface area contributed by atoms with Crippen LogP contribution in [0, 0.1) is 0 Å². The molecule has 0 aliphatic heterocycles. The Kier molecular flexibility index (Phi) is 4.93. The quantitative estimate of drug-likeness (QED) is 0.752. The molecule has 3 aromatic rings. The summed E-state index contributed by atoms with van der Waals surface area (Å²) in [6, 6.07) is 14.0. The van der Waals surface area contributed by atoms with Crippen LogP contribution in [0.3, 0.4) is 0 Å². The number of likely N-dealkylation sites (N-methyl/N-ethyl adjacent to an activating group) is 1. The molecule has 1 heterocycles. The standard InChI is InChI=1S/C20H22N2O3/c1-21-20(23)10-15-13-22(19-7-5-4-6-18(15)19)12-14-8-16(24-2)11-17(9-14)25-3/h4-9,11,13H,10,12H2,1-3H3,(H,21,23). The minimum Gasteiger partial charge on any atom is -0.497 e. The third-order valence-corrected chi connectivity index (χ3v) is 4.27. The highest BCUT2D eigenvalue weighted by molar-refractivity contribution is 5.89. The van der Waals surface area contributed by atoms with Crippen LogP contribution in [0.15, 0.2) is 48.7 Å². The predicted octanol–water partition coefficient (Wildman–Crippen LogP) is 3.00. The average molecular weight is 338 g/mol. The van der Waals surface area contributed by atoms with Gasteiger partial charge in [-0.2, -0.15) is 0 Å². The second-order valence-corrected chi connectivity index (χ2v) is 5.87. The maximum absolute atomic E-state index is 11.8. The highest BCUT2D eigenvalue weighted by atomic mass is 16.5. The first kappa shape index (κ1) is 16.9. The number of nitrogens with zero attached hydrogens (tertiary/aromatic N) is 1. The van der Waals surface area contributed by atoms with E-state index in [1.807, 2.05) is 36.5 Å². The number of ether oxygens (including phenoxy) is 2. The SMILES string of the molecule is CNC(=O)Cc1cn(Cc2cc(OC)cc(OC)c2)c2ccccc12. The van der Waals surface area contributed by atoms with Gasteiger partial charge in [0.05, 0.1) is 20.6 Å². The number of aromatic nitrogens is 1. The van der Waals surface area contributed by atoms with Crippen LogP contribution in [-0.2, 0) is 17.8 Å². The van der Waals surface area contributed by atoms with Crippen molar-refractivity contribution in [1.29, 1.82) is 0 Å². The first-order valence-corrected chi connectivity index (χ1v) is 8.14. The van der Waals surface area contributed by atoms with Gasteiger partial charge in [-0.25, -0.2) is 0 Å². The van der Waals surface area contributed by atoms with Crippen molar-refractivity contribution in [1.82, 2.24) is 9.88 Å². The van der Waals surface area contributed by atoms with Crippen molar-refractivity contribution < 1.29 is 14.3 Å². The van der Waals surface area contributed by atoms with E-state index < -0.39 is 0 Å². The lowest BCUT2D eigenvalue weighted by molar-refractivity contribution is -0.119. The van der Waals surface area contributed by atoms with Gasteiger partial charge in [0.25, 0.3) is 0 Å². The van der Waals surface area contributed by atoms with E-state index in [0.29, 0.717) is 13.0 Å². The van der Waals surface area contributed by atoms with Crippen LogP contribution in [0.5, 0.6) is 11.5 Å². The Hall–Kier alpha value is -2.95. The summed E-state index contributed by atoms with van der Waals surface area (Å²) in [4.78, 5) is 11.8. The van der Waals surface area contributed by atoms with Crippen molar-refractivity contribution >= 4 is 16.8 Å². The molecule has 5 nitrogen and oxygen atoms in total. The van der Waals surface area contributed by atoms with Gasteiger partial charge in [0.15, 0.2) is 0 Å². The molecule has 25 heavy (non-hydrogen) atoms. The van der Waals surface area contributed by atoms with Gasteiger partial charge in [-0.3, -0.25) is 4.79 Å². The third-order valence-electron chi connectivity index (χ3n) is 4.27. The molecule has 5 heteroatoms. The molecule has 0 radical (unpaired) electrons. The molecule has 0 bridgehead atoms. The van der Waals surface area contributed by atoms with Gasteiger partial charge in [-0.15, -0.1) is 0 Å². The van der Waals surface area contributed by atoms with Gasteiger partial charge >= 0.3 is 0 Å². The van der Waals surface area contributed by atoms with Gasteiger partial charge in [-0.05, 0) is 29.3 Å². The summed E-state index contributed by atoms with van der Waals surface area (Å²) in [5, 5.41) is 3.78. The van der Waals surface area contributed by atoms with Crippen molar-refractivity contribution in [2.45, 2.75) is 13.0 Å². The van der Waals surface area contributed by atoms with Crippen LogP contribution in [0.1, 0.15) is 11.1 Å². The second kappa shape index (κ2) is 7.30. The largest absolute Gasteiger partial charge is 0.497 e. The molecule has 0 spiro atoms. The third kappa shape index (κ3) is 3.60. The molecular formula is C20H22N2O3. The summed E-state index contributed by atoms with van der Waals surface area (Å²) in [6.45, 7) is 0.668. The first-order chi connectivity index (χ1) is 12.1. The summed E-state index contributed by atoms with van der Waals surface area (Å²) in [6.07, 6.45) is 2.41. The number of fused-ring (bicyclic) bond motifs is 1. The first-order valence-electron chi connectivity index (χ1n) is 8.14. The molecule has 0 fully saturated rings. The smallest absolute Gasteiger partial charge is 0.224 e. The lowest BCUT2D eigenvalue weighted by Gasteiger charge is -2.10. The number of rotatable bonds is 6. The zero-order valence-corrected chi connectivity index (χ0v) is 14.7. The van der Waals surface area contributed by atoms with Crippen molar-refractivity contribution in [3.63, 3.8) is 0 Å². The molecule has 130 valence electrons. The Morgan fingerprint density at radius 3 is 2.40 bits per heavy atom. The van der Waals surface area contributed by atoms with Gasteiger partial charge in [0.1, 0.15) is 11.5 Å². The Morgan fingerprint density at radius 1 is 1.08 bits per heavy atom. The van der Waals surface area contributed by atoms with Gasteiger partial charge in [0, 0.05) is 36.8 Å². The zero-order chi connectivity index (χ0) is 17.8. The number of carbonyl (C=O) groups excluding carboxylic acids is 1. The van der Waals surface area contributed by atoms with E-state index in [9.17, 15) is 4.79 Å². The minimum atomic E-state index is 0.00551. The second-order valence-electron chi connectivity index (χ2n) is 5.87. The number of methoxy groups -OCH3 is 2. The Labute approximate surface area is 147 Å². The Bertz CT molecular complexity index is 877. The van der Waals surface area contributed by atoms with Gasteiger partial charge in [0.2, 0.25) is 5.91 Å². The number of benzene rings is 2. The van der Waals surface area contributed by atoms with Crippen LogP contribution in [0.25, 0.3) is 10.9 Å². The lowest BCUT2D eigenvalue weighted by Crippen LogP contribution is -2.19. The van der Waals surface area contributed by atoms with E-state index in [4.69, 9.17) is 9.47 Å². The molecule has 0 aliphatic carbocycles. The number of hydrogen-bond donors (Lipinski definition) is 1. The molecule has 1 aromatic heterocycles. The Morgan fingerprint density at radius 2 is 1.76 bits per heavy atom. The minimum absolute atomic E-state index is 0.00551. The maximum atomic E-state index is 11.8. The van der Waals surface area contributed by atoms with Crippen molar-refractivity contribution in [3.05, 3.63) is 59.8 Å².